The van der Waals surface area contributed by atoms with Crippen LogP contribution in [0.4, 0.5) is 4.79 Å². The summed E-state index contributed by atoms with van der Waals surface area (Å²) in [5.41, 5.74) is 0. The first-order valence-corrected chi connectivity index (χ1v) is 6.35. The Morgan fingerprint density at radius 2 is 1.79 bits per heavy atom. The van der Waals surface area contributed by atoms with Crippen molar-refractivity contribution >= 4 is 17.9 Å². The van der Waals surface area contributed by atoms with Gasteiger partial charge in [-0.2, -0.15) is 0 Å². The quantitative estimate of drug-likeness (QED) is 0.691. The molecule has 1 aliphatic rings. The monoisotopic (exact) mass is 272 g/mol. The summed E-state index contributed by atoms with van der Waals surface area (Å²) in [7, 11) is 1.42. The van der Waals surface area contributed by atoms with E-state index in [1.165, 1.54) is 7.05 Å². The maximum absolute atomic E-state index is 11.6. The molecule has 0 aromatic carbocycles. The second kappa shape index (κ2) is 7.08. The molecule has 7 nitrogen and oxygen atoms in total. The Morgan fingerprint density at radius 1 is 1.21 bits per heavy atom. The van der Waals surface area contributed by atoms with Crippen LogP contribution < -0.4 is 10.6 Å². The van der Waals surface area contributed by atoms with E-state index in [9.17, 15) is 14.4 Å². The number of ether oxygens (including phenoxy) is 1. The van der Waals surface area contributed by atoms with E-state index in [2.05, 4.69) is 10.6 Å². The minimum absolute atomic E-state index is 0.124. The van der Waals surface area contributed by atoms with Gasteiger partial charge in [0.1, 0.15) is 6.10 Å². The molecule has 1 atom stereocenters. The minimum Gasteiger partial charge on any atom is -0.481 e. The fraction of sp³-hybridized carbons (Fsp3) is 0.750. The molecule has 0 aromatic heterocycles. The Kier molecular flexibility index (Phi) is 5.75. The first-order chi connectivity index (χ1) is 8.93. The van der Waals surface area contributed by atoms with Crippen molar-refractivity contribution in [3.63, 3.8) is 0 Å². The largest absolute Gasteiger partial charge is 0.481 e. The molecule has 0 heterocycles. The summed E-state index contributed by atoms with van der Waals surface area (Å²) in [6.07, 6.45) is 1.50. The van der Waals surface area contributed by atoms with Crippen LogP contribution in [-0.4, -0.2) is 42.3 Å². The van der Waals surface area contributed by atoms with Gasteiger partial charge in [-0.25, -0.2) is 4.79 Å². The van der Waals surface area contributed by atoms with Crippen LogP contribution in [0.25, 0.3) is 0 Å². The van der Waals surface area contributed by atoms with Gasteiger partial charge in [-0.3, -0.25) is 14.9 Å². The van der Waals surface area contributed by atoms with Gasteiger partial charge in [0.15, 0.2) is 0 Å². The van der Waals surface area contributed by atoms with Gasteiger partial charge in [0, 0.05) is 7.05 Å². The van der Waals surface area contributed by atoms with Gasteiger partial charge >= 0.3 is 12.0 Å². The highest BCUT2D eigenvalue weighted by Crippen LogP contribution is 2.27. The molecule has 0 bridgehead atoms. The number of urea groups is 1. The SMILES string of the molecule is CNC(=O)NC(=O)C(C)OC1CCC(C(=O)O)CC1. The van der Waals surface area contributed by atoms with Crippen molar-refractivity contribution in [3.8, 4) is 0 Å². The van der Waals surface area contributed by atoms with Gasteiger partial charge < -0.3 is 15.2 Å². The van der Waals surface area contributed by atoms with E-state index in [4.69, 9.17) is 9.84 Å². The molecule has 1 saturated carbocycles. The summed E-state index contributed by atoms with van der Waals surface area (Å²) in [5, 5.41) is 13.3. The zero-order valence-corrected chi connectivity index (χ0v) is 11.1. The van der Waals surface area contributed by atoms with Gasteiger partial charge in [-0.15, -0.1) is 0 Å². The van der Waals surface area contributed by atoms with E-state index in [1.807, 2.05) is 0 Å². The average Bonchev–Trinajstić information content (AvgIpc) is 2.38. The molecular weight excluding hydrogens is 252 g/mol. The predicted octanol–water partition coefficient (Wildman–Crippen LogP) is 0.490. The smallest absolute Gasteiger partial charge is 0.321 e. The number of carboxylic acids is 1. The Labute approximate surface area is 111 Å². The second-order valence-electron chi connectivity index (χ2n) is 4.66. The van der Waals surface area contributed by atoms with Crippen LogP contribution in [0.1, 0.15) is 32.6 Å². The number of rotatable bonds is 4. The summed E-state index contributed by atoms with van der Waals surface area (Å²) >= 11 is 0. The molecule has 0 aromatic rings. The first-order valence-electron chi connectivity index (χ1n) is 6.35. The topological polar surface area (TPSA) is 105 Å². The van der Waals surface area contributed by atoms with Crippen molar-refractivity contribution in [2.45, 2.75) is 44.8 Å². The molecule has 1 aliphatic carbocycles. The number of nitrogens with one attached hydrogen (secondary N) is 2. The molecule has 0 aliphatic heterocycles. The summed E-state index contributed by atoms with van der Waals surface area (Å²) in [5.74, 6) is -1.58. The summed E-state index contributed by atoms with van der Waals surface area (Å²) in [6.45, 7) is 1.57. The Morgan fingerprint density at radius 3 is 2.26 bits per heavy atom. The van der Waals surface area contributed by atoms with E-state index in [0.29, 0.717) is 25.7 Å². The normalized spacial score (nSPS) is 24.3. The average molecular weight is 272 g/mol. The molecule has 108 valence electrons. The minimum atomic E-state index is -0.774. The van der Waals surface area contributed by atoms with Gasteiger partial charge in [-0.05, 0) is 32.6 Å². The fourth-order valence-corrected chi connectivity index (χ4v) is 2.07. The van der Waals surface area contributed by atoms with Crippen molar-refractivity contribution in [1.82, 2.24) is 10.6 Å². The molecule has 0 saturated heterocycles. The zero-order chi connectivity index (χ0) is 14.4. The summed E-state index contributed by atoms with van der Waals surface area (Å²) in [4.78, 5) is 33.3. The van der Waals surface area contributed by atoms with Crippen LogP contribution in [0, 0.1) is 5.92 Å². The van der Waals surface area contributed by atoms with Crippen LogP contribution >= 0.6 is 0 Å². The van der Waals surface area contributed by atoms with E-state index in [-0.39, 0.29) is 12.0 Å². The Hall–Kier alpha value is -1.63. The molecule has 1 fully saturated rings. The number of carboxylic acid groups (broad SMARTS) is 1. The lowest BCUT2D eigenvalue weighted by Gasteiger charge is -2.28. The van der Waals surface area contributed by atoms with Crippen molar-refractivity contribution in [2.75, 3.05) is 7.05 Å². The van der Waals surface area contributed by atoms with Gasteiger partial charge in [0.2, 0.25) is 0 Å². The van der Waals surface area contributed by atoms with Crippen molar-refractivity contribution in [2.24, 2.45) is 5.92 Å². The number of aliphatic carboxylic acids is 1. The highest BCUT2D eigenvalue weighted by atomic mass is 16.5. The van der Waals surface area contributed by atoms with E-state index in [0.717, 1.165) is 0 Å². The molecular formula is C12H20N2O5. The lowest BCUT2D eigenvalue weighted by atomic mass is 9.87. The van der Waals surface area contributed by atoms with E-state index in [1.54, 1.807) is 6.92 Å². The highest BCUT2D eigenvalue weighted by Gasteiger charge is 2.28. The molecule has 3 N–H and O–H groups in total. The molecule has 3 amide bonds. The van der Waals surface area contributed by atoms with Gasteiger partial charge in [0.25, 0.3) is 5.91 Å². The Bertz CT molecular complexity index is 350. The van der Waals surface area contributed by atoms with Gasteiger partial charge in [0.05, 0.1) is 12.0 Å². The second-order valence-corrected chi connectivity index (χ2v) is 4.66. The molecule has 1 unspecified atom stereocenters. The van der Waals surface area contributed by atoms with Crippen LogP contribution in [0.15, 0.2) is 0 Å². The van der Waals surface area contributed by atoms with Crippen LogP contribution in [0.2, 0.25) is 0 Å². The third kappa shape index (κ3) is 4.86. The van der Waals surface area contributed by atoms with Crippen LogP contribution in [-0.2, 0) is 14.3 Å². The summed E-state index contributed by atoms with van der Waals surface area (Å²) in [6, 6.07) is -0.574. The number of imide groups is 1. The standard InChI is InChI=1S/C12H20N2O5/c1-7(10(15)14-12(18)13-2)19-9-5-3-8(4-6-9)11(16)17/h7-9H,3-6H2,1-2H3,(H,16,17)(H2,13,14,15,18). The number of amides is 3. The van der Waals surface area contributed by atoms with Crippen molar-refractivity contribution in [1.29, 1.82) is 0 Å². The molecule has 1 rings (SSSR count). The number of hydrogen-bond acceptors (Lipinski definition) is 4. The van der Waals surface area contributed by atoms with Crippen LogP contribution in [0.3, 0.4) is 0 Å². The van der Waals surface area contributed by atoms with E-state index >= 15 is 0 Å². The number of carbonyl (C=O) groups is 3. The van der Waals surface area contributed by atoms with Gasteiger partial charge in [-0.1, -0.05) is 0 Å². The summed E-state index contributed by atoms with van der Waals surface area (Å²) < 4.78 is 5.54. The first kappa shape index (κ1) is 15.4. The molecule has 0 spiro atoms. The van der Waals surface area contributed by atoms with Crippen molar-refractivity contribution in [3.05, 3.63) is 0 Å². The van der Waals surface area contributed by atoms with E-state index < -0.39 is 24.0 Å². The predicted molar refractivity (Wildman–Crippen MR) is 66.5 cm³/mol. The molecule has 0 radical (unpaired) electrons. The maximum Gasteiger partial charge on any atom is 0.321 e. The van der Waals surface area contributed by atoms with Crippen molar-refractivity contribution < 1.29 is 24.2 Å². The highest BCUT2D eigenvalue weighted by molar-refractivity contribution is 5.96. The molecule has 7 heteroatoms. The third-order valence-corrected chi connectivity index (χ3v) is 3.25. The number of hydrogen-bond donors (Lipinski definition) is 3. The lowest BCUT2D eigenvalue weighted by Crippen LogP contribution is -2.44. The lowest BCUT2D eigenvalue weighted by molar-refractivity contribution is -0.146. The number of carbonyl (C=O) groups excluding carboxylic acids is 2. The molecule has 19 heavy (non-hydrogen) atoms. The third-order valence-electron chi connectivity index (χ3n) is 3.25. The Balaban J connectivity index is 2.34. The zero-order valence-electron chi connectivity index (χ0n) is 11.1. The maximum atomic E-state index is 11.6. The van der Waals surface area contributed by atoms with Crippen LogP contribution in [0.5, 0.6) is 0 Å². The fourth-order valence-electron chi connectivity index (χ4n) is 2.07.